The van der Waals surface area contributed by atoms with Gasteiger partial charge in [0.25, 0.3) is 0 Å². The largest absolute Gasteiger partial charge is 0.434 e. The lowest BCUT2D eigenvalue weighted by molar-refractivity contribution is -0.140. The number of hydrogen-bond acceptors (Lipinski definition) is 5. The van der Waals surface area contributed by atoms with Crippen LogP contribution in [-0.2, 0) is 11.0 Å². The maximum Gasteiger partial charge on any atom is 0.434 e. The second-order valence-corrected chi connectivity index (χ2v) is 5.38. The van der Waals surface area contributed by atoms with Crippen molar-refractivity contribution in [1.82, 2.24) is 4.98 Å². The Balaban J connectivity index is 2.21. The summed E-state index contributed by atoms with van der Waals surface area (Å²) in [7, 11) is 0. The van der Waals surface area contributed by atoms with Crippen molar-refractivity contribution in [3.05, 3.63) is 40.9 Å². The van der Waals surface area contributed by atoms with Gasteiger partial charge in [-0.25, -0.2) is 4.98 Å². The Kier molecular flexibility index (Phi) is 4.38. The van der Waals surface area contributed by atoms with Gasteiger partial charge in [0.2, 0.25) is 11.0 Å². The summed E-state index contributed by atoms with van der Waals surface area (Å²) in [5.74, 6) is -0.999. The molecule has 5 nitrogen and oxygen atoms in total. The summed E-state index contributed by atoms with van der Waals surface area (Å²) in [5.41, 5.74) is 4.99. The summed E-state index contributed by atoms with van der Waals surface area (Å²) < 4.78 is 37.5. The molecule has 1 amide bonds. The Labute approximate surface area is 127 Å². The van der Waals surface area contributed by atoms with Crippen LogP contribution in [0.4, 0.5) is 24.0 Å². The first kappa shape index (κ1) is 16.2. The van der Waals surface area contributed by atoms with Gasteiger partial charge in [0.05, 0.1) is 11.6 Å². The second kappa shape index (κ2) is 5.93. The van der Waals surface area contributed by atoms with Gasteiger partial charge in [-0.15, -0.1) is 11.3 Å². The quantitative estimate of drug-likeness (QED) is 0.843. The third-order valence-electron chi connectivity index (χ3n) is 3.03. The smallest absolute Gasteiger partial charge is 0.369 e. The van der Waals surface area contributed by atoms with Crippen LogP contribution >= 0.6 is 11.3 Å². The number of nitrogens with zero attached hydrogens (tertiary/aromatic N) is 2. The highest BCUT2D eigenvalue weighted by molar-refractivity contribution is 7.13. The van der Waals surface area contributed by atoms with Crippen LogP contribution in [0, 0.1) is 0 Å². The topological polar surface area (TPSA) is 79.5 Å². The standard InChI is InChI=1S/C13H12F3N3O2S/c1-7(11(17)20)8-2-4-9(5-3-8)19(21)12-18-10(6-22-12)13(14,15)16/h2-7,21H,1H3,(H2,17,20)/t7-/m0/s1. The summed E-state index contributed by atoms with van der Waals surface area (Å²) in [6.45, 7) is 1.63. The van der Waals surface area contributed by atoms with Gasteiger partial charge in [0.1, 0.15) is 0 Å². The molecule has 0 aliphatic heterocycles. The molecule has 0 spiro atoms. The number of primary amides is 1. The molecule has 0 saturated heterocycles. The highest BCUT2D eigenvalue weighted by Crippen LogP contribution is 2.34. The average Bonchev–Trinajstić information content (AvgIpc) is 2.95. The molecule has 9 heteroatoms. The molecule has 1 aromatic carbocycles. The number of aromatic nitrogens is 1. The van der Waals surface area contributed by atoms with E-state index in [2.05, 4.69) is 4.98 Å². The van der Waals surface area contributed by atoms with E-state index in [4.69, 9.17) is 5.73 Å². The number of alkyl halides is 3. The number of halogens is 3. The van der Waals surface area contributed by atoms with Crippen molar-refractivity contribution in [1.29, 1.82) is 0 Å². The van der Waals surface area contributed by atoms with Crippen LogP contribution in [0.2, 0.25) is 0 Å². The lowest BCUT2D eigenvalue weighted by Gasteiger charge is -2.15. The lowest BCUT2D eigenvalue weighted by Crippen LogP contribution is -2.18. The summed E-state index contributed by atoms with van der Waals surface area (Å²) in [5, 5.41) is 11.1. The number of benzene rings is 1. The molecule has 2 rings (SSSR count). The number of thiazole rings is 1. The van der Waals surface area contributed by atoms with E-state index in [9.17, 15) is 23.2 Å². The normalized spacial score (nSPS) is 13.0. The molecule has 0 fully saturated rings. The summed E-state index contributed by atoms with van der Waals surface area (Å²) in [4.78, 5) is 14.4. The molecule has 0 radical (unpaired) electrons. The van der Waals surface area contributed by atoms with Gasteiger partial charge in [-0.2, -0.15) is 18.2 Å². The Morgan fingerprint density at radius 2 is 1.95 bits per heavy atom. The number of nitrogens with two attached hydrogens (primary N) is 1. The molecule has 3 N–H and O–H groups in total. The highest BCUT2D eigenvalue weighted by atomic mass is 32.1. The Bertz CT molecular complexity index is 670. The van der Waals surface area contributed by atoms with E-state index in [0.29, 0.717) is 22.0 Å². The van der Waals surface area contributed by atoms with Gasteiger partial charge in [-0.3, -0.25) is 10.0 Å². The first-order chi connectivity index (χ1) is 10.2. The Hall–Kier alpha value is -2.13. The fraction of sp³-hybridized carbons (Fsp3) is 0.231. The van der Waals surface area contributed by atoms with E-state index in [1.807, 2.05) is 0 Å². The Morgan fingerprint density at radius 1 is 1.36 bits per heavy atom. The summed E-state index contributed by atoms with van der Waals surface area (Å²) in [6, 6.07) is 6.05. The Morgan fingerprint density at radius 3 is 2.41 bits per heavy atom. The molecular formula is C13H12F3N3O2S. The zero-order valence-corrected chi connectivity index (χ0v) is 12.1. The van der Waals surface area contributed by atoms with Crippen LogP contribution < -0.4 is 10.8 Å². The van der Waals surface area contributed by atoms with Crippen LogP contribution in [-0.4, -0.2) is 16.1 Å². The van der Waals surface area contributed by atoms with Crippen molar-refractivity contribution in [3.8, 4) is 0 Å². The van der Waals surface area contributed by atoms with Crippen molar-refractivity contribution >= 4 is 28.1 Å². The molecule has 1 heterocycles. The van der Waals surface area contributed by atoms with Crippen molar-refractivity contribution in [2.45, 2.75) is 19.0 Å². The van der Waals surface area contributed by atoms with Crippen LogP contribution in [0.25, 0.3) is 0 Å². The molecule has 1 aromatic heterocycles. The highest BCUT2D eigenvalue weighted by Gasteiger charge is 2.34. The predicted octanol–water partition coefficient (Wildman–Crippen LogP) is 3.28. The van der Waals surface area contributed by atoms with Gasteiger partial charge in [-0.05, 0) is 24.6 Å². The molecule has 0 unspecified atom stereocenters. The van der Waals surface area contributed by atoms with E-state index >= 15 is 0 Å². The van der Waals surface area contributed by atoms with E-state index in [1.165, 1.54) is 12.1 Å². The van der Waals surface area contributed by atoms with Crippen LogP contribution in [0.15, 0.2) is 29.6 Å². The molecular weight excluding hydrogens is 319 g/mol. The number of carbonyl (C=O) groups is 1. The SMILES string of the molecule is C[C@H](C(N)=O)c1ccc(N(O)c2nc(C(F)(F)F)cs2)cc1. The van der Waals surface area contributed by atoms with Crippen molar-refractivity contribution < 1.29 is 23.2 Å². The maximum atomic E-state index is 12.5. The van der Waals surface area contributed by atoms with E-state index in [1.54, 1.807) is 19.1 Å². The van der Waals surface area contributed by atoms with Crippen molar-refractivity contribution in [2.75, 3.05) is 5.06 Å². The van der Waals surface area contributed by atoms with Crippen LogP contribution in [0.3, 0.4) is 0 Å². The summed E-state index contributed by atoms with van der Waals surface area (Å²) in [6.07, 6.45) is -4.56. The van der Waals surface area contributed by atoms with Gasteiger partial charge < -0.3 is 5.73 Å². The monoisotopic (exact) mass is 331 g/mol. The van der Waals surface area contributed by atoms with Crippen LogP contribution in [0.1, 0.15) is 24.1 Å². The molecule has 0 aliphatic carbocycles. The van der Waals surface area contributed by atoms with E-state index in [-0.39, 0.29) is 10.8 Å². The predicted molar refractivity (Wildman–Crippen MR) is 75.1 cm³/mol. The van der Waals surface area contributed by atoms with Gasteiger partial charge in [0, 0.05) is 5.38 Å². The fourth-order valence-corrected chi connectivity index (χ4v) is 2.43. The number of hydrogen-bond donors (Lipinski definition) is 2. The minimum absolute atomic E-state index is 0.206. The zero-order chi connectivity index (χ0) is 16.5. The minimum atomic E-state index is -4.56. The molecule has 118 valence electrons. The van der Waals surface area contributed by atoms with Crippen molar-refractivity contribution in [3.63, 3.8) is 0 Å². The van der Waals surface area contributed by atoms with Gasteiger partial charge in [0.15, 0.2) is 5.69 Å². The molecule has 1 atom stereocenters. The lowest BCUT2D eigenvalue weighted by atomic mass is 10.0. The van der Waals surface area contributed by atoms with Crippen LogP contribution in [0.5, 0.6) is 0 Å². The van der Waals surface area contributed by atoms with Gasteiger partial charge >= 0.3 is 6.18 Å². The first-order valence-electron chi connectivity index (χ1n) is 6.11. The van der Waals surface area contributed by atoms with Crippen molar-refractivity contribution in [2.24, 2.45) is 5.73 Å². The van der Waals surface area contributed by atoms with E-state index in [0.717, 1.165) is 5.38 Å². The minimum Gasteiger partial charge on any atom is -0.369 e. The average molecular weight is 331 g/mol. The number of anilines is 2. The molecule has 22 heavy (non-hydrogen) atoms. The zero-order valence-electron chi connectivity index (χ0n) is 11.3. The number of rotatable bonds is 4. The number of amides is 1. The molecule has 2 aromatic rings. The second-order valence-electron chi connectivity index (χ2n) is 4.54. The van der Waals surface area contributed by atoms with E-state index < -0.39 is 23.7 Å². The third kappa shape index (κ3) is 3.37. The van der Waals surface area contributed by atoms with Gasteiger partial charge in [-0.1, -0.05) is 12.1 Å². The molecule has 0 aliphatic rings. The fourth-order valence-electron chi connectivity index (χ4n) is 1.67. The maximum absolute atomic E-state index is 12.5. The summed E-state index contributed by atoms with van der Waals surface area (Å²) >= 11 is 0.665. The molecule has 0 bridgehead atoms. The molecule has 0 saturated carbocycles. The third-order valence-corrected chi connectivity index (χ3v) is 3.84. The number of carbonyl (C=O) groups excluding carboxylic acids is 1. The first-order valence-corrected chi connectivity index (χ1v) is 6.99.